The van der Waals surface area contributed by atoms with Crippen LogP contribution in [0.15, 0.2) is 35.2 Å². The van der Waals surface area contributed by atoms with Gasteiger partial charge in [-0.2, -0.15) is 0 Å². The van der Waals surface area contributed by atoms with Crippen molar-refractivity contribution in [1.82, 2.24) is 10.3 Å². The Balaban J connectivity index is 0.00000261. The first kappa shape index (κ1) is 21.8. The average Bonchev–Trinajstić information content (AvgIpc) is 2.96. The van der Waals surface area contributed by atoms with E-state index in [-0.39, 0.29) is 18.2 Å². The van der Waals surface area contributed by atoms with Crippen molar-refractivity contribution in [3.05, 3.63) is 36.0 Å². The molecule has 2 heterocycles. The standard InChI is InChI=1S/C20H28N2O3S.ClH/c1-3-26(23,24)17-9-11-20(25-2)18(14-17)19-10-8-16(22-19)13-15-7-5-4-6-12-21-15;/h8-11,14-15,21-22H,3-7,12-13H2,1-2H3;1H. The molecule has 3 rings (SSSR count). The molecule has 0 bridgehead atoms. The van der Waals surface area contributed by atoms with Crippen LogP contribution in [-0.2, 0) is 16.3 Å². The second-order valence-corrected chi connectivity index (χ2v) is 9.15. The van der Waals surface area contributed by atoms with Crippen molar-refractivity contribution in [3.63, 3.8) is 0 Å². The Labute approximate surface area is 168 Å². The van der Waals surface area contributed by atoms with E-state index < -0.39 is 9.84 Å². The maximum absolute atomic E-state index is 12.2. The van der Waals surface area contributed by atoms with Crippen LogP contribution >= 0.6 is 12.4 Å². The molecule has 1 fully saturated rings. The summed E-state index contributed by atoms with van der Waals surface area (Å²) in [6.45, 7) is 2.74. The van der Waals surface area contributed by atoms with Crippen LogP contribution in [-0.4, -0.2) is 38.9 Å². The summed E-state index contributed by atoms with van der Waals surface area (Å²) in [7, 11) is -1.65. The monoisotopic (exact) mass is 412 g/mol. The summed E-state index contributed by atoms with van der Waals surface area (Å²) >= 11 is 0. The van der Waals surface area contributed by atoms with Crippen LogP contribution in [0.25, 0.3) is 11.3 Å². The number of nitrogens with one attached hydrogen (secondary N) is 2. The highest BCUT2D eigenvalue weighted by Gasteiger charge is 2.17. The molecule has 1 unspecified atom stereocenters. The van der Waals surface area contributed by atoms with Crippen LogP contribution in [0.1, 0.15) is 38.3 Å². The number of sulfone groups is 1. The first-order valence-corrected chi connectivity index (χ1v) is 11.0. The van der Waals surface area contributed by atoms with E-state index in [1.54, 1.807) is 32.2 Å². The Morgan fingerprint density at radius 1 is 1.15 bits per heavy atom. The fraction of sp³-hybridized carbons (Fsp3) is 0.500. The summed E-state index contributed by atoms with van der Waals surface area (Å²) in [6, 6.07) is 9.63. The third-order valence-corrected chi connectivity index (χ3v) is 6.81. The molecule has 0 amide bonds. The largest absolute Gasteiger partial charge is 0.496 e. The van der Waals surface area contributed by atoms with Gasteiger partial charge in [0.2, 0.25) is 0 Å². The first-order valence-electron chi connectivity index (χ1n) is 9.36. The summed E-state index contributed by atoms with van der Waals surface area (Å²) in [5.41, 5.74) is 2.82. The van der Waals surface area contributed by atoms with Gasteiger partial charge in [0.1, 0.15) is 5.75 Å². The predicted molar refractivity (Wildman–Crippen MR) is 112 cm³/mol. The van der Waals surface area contributed by atoms with Crippen molar-refractivity contribution >= 4 is 22.2 Å². The molecule has 2 aromatic rings. The molecule has 1 aromatic heterocycles. The maximum atomic E-state index is 12.2. The summed E-state index contributed by atoms with van der Waals surface area (Å²) in [5, 5.41) is 3.61. The molecule has 27 heavy (non-hydrogen) atoms. The Bertz CT molecular complexity index is 841. The van der Waals surface area contributed by atoms with E-state index in [1.165, 1.54) is 25.7 Å². The SMILES string of the molecule is CCS(=O)(=O)c1ccc(OC)c(-c2ccc(CC3CCCCCN3)[nH]2)c1.Cl. The molecular formula is C20H29ClN2O3S. The smallest absolute Gasteiger partial charge is 0.178 e. The molecule has 5 nitrogen and oxygen atoms in total. The van der Waals surface area contributed by atoms with Crippen LogP contribution in [0.3, 0.4) is 0 Å². The molecule has 7 heteroatoms. The lowest BCUT2D eigenvalue weighted by Gasteiger charge is -2.14. The second-order valence-electron chi connectivity index (χ2n) is 6.87. The Kier molecular flexibility index (Phi) is 7.77. The number of H-pyrrole nitrogens is 1. The van der Waals surface area contributed by atoms with E-state index in [9.17, 15) is 8.42 Å². The lowest BCUT2D eigenvalue weighted by molar-refractivity contribution is 0.416. The van der Waals surface area contributed by atoms with Crippen molar-refractivity contribution < 1.29 is 13.2 Å². The number of ether oxygens (including phenoxy) is 1. The lowest BCUT2D eigenvalue weighted by atomic mass is 10.1. The molecule has 1 atom stereocenters. The highest BCUT2D eigenvalue weighted by Crippen LogP contribution is 2.32. The van der Waals surface area contributed by atoms with Crippen LogP contribution in [0.2, 0.25) is 0 Å². The number of rotatable bonds is 6. The maximum Gasteiger partial charge on any atom is 0.178 e. The van der Waals surface area contributed by atoms with Crippen molar-refractivity contribution in [3.8, 4) is 17.0 Å². The third kappa shape index (κ3) is 5.27. The number of hydrogen-bond acceptors (Lipinski definition) is 4. The molecule has 1 aliphatic rings. The van der Waals surface area contributed by atoms with E-state index >= 15 is 0 Å². The number of hydrogen-bond donors (Lipinski definition) is 2. The minimum Gasteiger partial charge on any atom is -0.496 e. The molecular weight excluding hydrogens is 384 g/mol. The van der Waals surface area contributed by atoms with E-state index in [0.717, 1.165) is 29.9 Å². The van der Waals surface area contributed by atoms with Crippen molar-refractivity contribution in [1.29, 1.82) is 0 Å². The van der Waals surface area contributed by atoms with Gasteiger partial charge in [0, 0.05) is 29.4 Å². The molecule has 1 saturated heterocycles. The predicted octanol–water partition coefficient (Wildman–Crippen LogP) is 3.98. The Morgan fingerprint density at radius 3 is 2.70 bits per heavy atom. The number of methoxy groups -OCH3 is 1. The number of halogens is 1. The van der Waals surface area contributed by atoms with Gasteiger partial charge in [0.05, 0.1) is 17.8 Å². The minimum absolute atomic E-state index is 0. The van der Waals surface area contributed by atoms with Gasteiger partial charge in [-0.3, -0.25) is 0 Å². The van der Waals surface area contributed by atoms with Gasteiger partial charge in [-0.1, -0.05) is 19.8 Å². The molecule has 1 aliphatic heterocycles. The summed E-state index contributed by atoms with van der Waals surface area (Å²) in [5.74, 6) is 0.753. The zero-order chi connectivity index (χ0) is 18.6. The van der Waals surface area contributed by atoms with Crippen LogP contribution in [0.4, 0.5) is 0 Å². The fourth-order valence-corrected chi connectivity index (χ4v) is 4.42. The van der Waals surface area contributed by atoms with E-state index in [4.69, 9.17) is 4.74 Å². The summed E-state index contributed by atoms with van der Waals surface area (Å²) in [4.78, 5) is 3.78. The van der Waals surface area contributed by atoms with Crippen LogP contribution in [0, 0.1) is 0 Å². The van der Waals surface area contributed by atoms with Gasteiger partial charge >= 0.3 is 0 Å². The number of aromatic nitrogens is 1. The van der Waals surface area contributed by atoms with Gasteiger partial charge in [-0.25, -0.2) is 8.42 Å². The zero-order valence-corrected chi connectivity index (χ0v) is 17.6. The summed E-state index contributed by atoms with van der Waals surface area (Å²) < 4.78 is 29.9. The normalized spacial score (nSPS) is 17.8. The number of aromatic amines is 1. The van der Waals surface area contributed by atoms with Crippen molar-refractivity contribution in [2.45, 2.75) is 50.0 Å². The van der Waals surface area contributed by atoms with Crippen molar-refractivity contribution in [2.24, 2.45) is 0 Å². The third-order valence-electron chi connectivity index (χ3n) is 5.08. The Morgan fingerprint density at radius 2 is 1.96 bits per heavy atom. The topological polar surface area (TPSA) is 71.2 Å². The molecule has 2 N–H and O–H groups in total. The second kappa shape index (κ2) is 9.62. The zero-order valence-electron chi connectivity index (χ0n) is 16.0. The number of benzene rings is 1. The molecule has 150 valence electrons. The minimum atomic E-state index is -3.25. The molecule has 0 radical (unpaired) electrons. The molecule has 1 aromatic carbocycles. The van der Waals surface area contributed by atoms with Gasteiger partial charge in [-0.15, -0.1) is 12.4 Å². The quantitative estimate of drug-likeness (QED) is 0.752. The fourth-order valence-electron chi connectivity index (χ4n) is 3.51. The molecule has 0 aliphatic carbocycles. The Hall–Kier alpha value is -1.50. The van der Waals surface area contributed by atoms with Gasteiger partial charge in [0.25, 0.3) is 0 Å². The highest BCUT2D eigenvalue weighted by atomic mass is 35.5. The van der Waals surface area contributed by atoms with Gasteiger partial charge in [0.15, 0.2) is 9.84 Å². The average molecular weight is 413 g/mol. The lowest BCUT2D eigenvalue weighted by Crippen LogP contribution is -2.30. The van der Waals surface area contributed by atoms with Crippen LogP contribution < -0.4 is 10.1 Å². The van der Waals surface area contributed by atoms with E-state index in [2.05, 4.69) is 16.4 Å². The van der Waals surface area contributed by atoms with Crippen LogP contribution in [0.5, 0.6) is 5.75 Å². The summed E-state index contributed by atoms with van der Waals surface area (Å²) in [6.07, 6.45) is 5.98. The van der Waals surface area contributed by atoms with E-state index in [0.29, 0.717) is 16.7 Å². The molecule has 0 spiro atoms. The molecule has 0 saturated carbocycles. The highest BCUT2D eigenvalue weighted by molar-refractivity contribution is 7.91. The van der Waals surface area contributed by atoms with Gasteiger partial charge < -0.3 is 15.0 Å². The first-order chi connectivity index (χ1) is 12.5. The van der Waals surface area contributed by atoms with Crippen molar-refractivity contribution in [2.75, 3.05) is 19.4 Å². The van der Waals surface area contributed by atoms with E-state index in [1.807, 2.05) is 6.07 Å². The van der Waals surface area contributed by atoms with Gasteiger partial charge in [-0.05, 0) is 49.7 Å².